The highest BCUT2D eigenvalue weighted by molar-refractivity contribution is 7.86. The largest absolute Gasteiger partial charge is 0.298 e. The zero-order valence-corrected chi connectivity index (χ0v) is 7.23. The number of rotatable bonds is 1. The van der Waals surface area contributed by atoms with Gasteiger partial charge in [-0.2, -0.15) is 8.42 Å². The van der Waals surface area contributed by atoms with Crippen LogP contribution in [0.3, 0.4) is 0 Å². The van der Waals surface area contributed by atoms with Gasteiger partial charge in [-0.15, -0.1) is 0 Å². The van der Waals surface area contributed by atoms with Crippen molar-refractivity contribution in [1.29, 1.82) is 0 Å². The number of halogens is 2. The summed E-state index contributed by atoms with van der Waals surface area (Å²) in [4.78, 5) is -0.883. The van der Waals surface area contributed by atoms with Gasteiger partial charge in [-0.1, -0.05) is 17.7 Å². The van der Waals surface area contributed by atoms with Gasteiger partial charge in [0.05, 0.1) is 5.02 Å². The maximum absolute atomic E-state index is 12.7. The number of hydrogen-bond acceptors (Lipinski definition) is 2. The Labute approximate surface area is 73.5 Å². The van der Waals surface area contributed by atoms with E-state index in [1.165, 1.54) is 12.1 Å². The molecule has 12 heavy (non-hydrogen) atoms. The Balaban J connectivity index is 3.53. The van der Waals surface area contributed by atoms with E-state index in [2.05, 4.69) is 0 Å². The fourth-order valence-corrected chi connectivity index (χ4v) is 1.81. The molecule has 6 heteroatoms. The standard InChI is InChI=1S/C6H4ClFO3S/c7-4-2-1-3-5(8)6(4)12(9,10)11/h1-3H,(H,9,10,11). The maximum Gasteiger partial charge on any atom is 0.298 e. The maximum atomic E-state index is 12.7. The molecule has 3 nitrogen and oxygen atoms in total. The molecule has 66 valence electrons. The Morgan fingerprint density at radius 1 is 1.42 bits per heavy atom. The molecule has 0 spiro atoms. The highest BCUT2D eigenvalue weighted by Gasteiger charge is 2.19. The van der Waals surface area contributed by atoms with E-state index in [1.54, 1.807) is 0 Å². The van der Waals surface area contributed by atoms with Gasteiger partial charge in [0.1, 0.15) is 10.7 Å². The molecule has 1 aromatic carbocycles. The molecule has 0 saturated carbocycles. The predicted molar refractivity (Wildman–Crippen MR) is 41.2 cm³/mol. The van der Waals surface area contributed by atoms with Crippen molar-refractivity contribution in [1.82, 2.24) is 0 Å². The lowest BCUT2D eigenvalue weighted by Crippen LogP contribution is -2.02. The quantitative estimate of drug-likeness (QED) is 0.719. The van der Waals surface area contributed by atoms with Gasteiger partial charge in [-0.05, 0) is 12.1 Å². The number of benzene rings is 1. The third-order valence-electron chi connectivity index (χ3n) is 1.18. The number of hydrogen-bond donors (Lipinski definition) is 1. The molecule has 0 heterocycles. The van der Waals surface area contributed by atoms with Crippen LogP contribution in [0.2, 0.25) is 5.02 Å². The van der Waals surface area contributed by atoms with Crippen molar-refractivity contribution in [2.24, 2.45) is 0 Å². The fraction of sp³-hybridized carbons (Fsp3) is 0. The molecule has 0 radical (unpaired) electrons. The summed E-state index contributed by atoms with van der Waals surface area (Å²) < 4.78 is 42.2. The van der Waals surface area contributed by atoms with Crippen LogP contribution >= 0.6 is 11.6 Å². The summed E-state index contributed by atoms with van der Waals surface area (Å²) in [7, 11) is -4.57. The van der Waals surface area contributed by atoms with Gasteiger partial charge in [0.15, 0.2) is 0 Å². The first-order valence-corrected chi connectivity index (χ1v) is 4.66. The Morgan fingerprint density at radius 2 is 2.00 bits per heavy atom. The summed E-state index contributed by atoms with van der Waals surface area (Å²) >= 11 is 5.33. The Bertz CT molecular complexity index is 381. The molecule has 1 N–H and O–H groups in total. The minimum atomic E-state index is -4.57. The van der Waals surface area contributed by atoms with Gasteiger partial charge in [0, 0.05) is 0 Å². The normalized spacial score (nSPS) is 11.6. The molecule has 0 atom stereocenters. The van der Waals surface area contributed by atoms with Crippen molar-refractivity contribution >= 4 is 21.7 Å². The Hall–Kier alpha value is -0.650. The van der Waals surface area contributed by atoms with E-state index in [-0.39, 0.29) is 5.02 Å². The van der Waals surface area contributed by atoms with E-state index in [9.17, 15) is 12.8 Å². The summed E-state index contributed by atoms with van der Waals surface area (Å²) in [5.74, 6) is -1.06. The molecule has 0 bridgehead atoms. The average molecular weight is 211 g/mol. The van der Waals surface area contributed by atoms with Crippen LogP contribution in [-0.2, 0) is 10.1 Å². The zero-order chi connectivity index (χ0) is 9.35. The monoisotopic (exact) mass is 210 g/mol. The van der Waals surface area contributed by atoms with E-state index in [1.807, 2.05) is 0 Å². The molecule has 1 rings (SSSR count). The fourth-order valence-electron chi connectivity index (χ4n) is 0.729. The Morgan fingerprint density at radius 3 is 2.33 bits per heavy atom. The van der Waals surface area contributed by atoms with Crippen molar-refractivity contribution in [2.45, 2.75) is 4.90 Å². The van der Waals surface area contributed by atoms with Crippen LogP contribution in [0.5, 0.6) is 0 Å². The molecule has 0 unspecified atom stereocenters. The van der Waals surface area contributed by atoms with Gasteiger partial charge in [-0.25, -0.2) is 4.39 Å². The van der Waals surface area contributed by atoms with E-state index in [0.717, 1.165) is 6.07 Å². The minimum Gasteiger partial charge on any atom is -0.282 e. The molecule has 0 saturated heterocycles. The molecular weight excluding hydrogens is 207 g/mol. The zero-order valence-electron chi connectivity index (χ0n) is 5.66. The van der Waals surface area contributed by atoms with Crippen molar-refractivity contribution in [3.05, 3.63) is 29.0 Å². The first-order valence-electron chi connectivity index (χ1n) is 2.84. The topological polar surface area (TPSA) is 54.4 Å². The lowest BCUT2D eigenvalue weighted by Gasteiger charge is -2.00. The van der Waals surface area contributed by atoms with Crippen molar-refractivity contribution < 1.29 is 17.4 Å². The van der Waals surface area contributed by atoms with Crippen molar-refractivity contribution in [2.75, 3.05) is 0 Å². The third kappa shape index (κ3) is 1.74. The van der Waals surface area contributed by atoms with E-state index < -0.39 is 20.8 Å². The van der Waals surface area contributed by atoms with Crippen LogP contribution in [0.1, 0.15) is 0 Å². The van der Waals surface area contributed by atoms with Crippen molar-refractivity contribution in [3.8, 4) is 0 Å². The van der Waals surface area contributed by atoms with Gasteiger partial charge in [-0.3, -0.25) is 4.55 Å². The average Bonchev–Trinajstić information content (AvgIpc) is 1.82. The lowest BCUT2D eigenvalue weighted by atomic mass is 10.3. The Kier molecular flexibility index (Phi) is 2.36. The van der Waals surface area contributed by atoms with Crippen LogP contribution in [-0.4, -0.2) is 13.0 Å². The van der Waals surface area contributed by atoms with E-state index in [0.29, 0.717) is 0 Å². The van der Waals surface area contributed by atoms with Gasteiger partial charge in [0.2, 0.25) is 0 Å². The van der Waals surface area contributed by atoms with Crippen LogP contribution in [0.25, 0.3) is 0 Å². The van der Waals surface area contributed by atoms with Gasteiger partial charge in [0.25, 0.3) is 10.1 Å². The highest BCUT2D eigenvalue weighted by Crippen LogP contribution is 2.23. The summed E-state index contributed by atoms with van der Waals surface area (Å²) in [5.41, 5.74) is 0. The van der Waals surface area contributed by atoms with Crippen LogP contribution in [0.4, 0.5) is 4.39 Å². The summed E-state index contributed by atoms with van der Waals surface area (Å²) in [6.45, 7) is 0. The molecule has 0 aromatic heterocycles. The van der Waals surface area contributed by atoms with E-state index in [4.69, 9.17) is 16.2 Å². The third-order valence-corrected chi connectivity index (χ3v) is 2.53. The molecule has 0 aliphatic carbocycles. The smallest absolute Gasteiger partial charge is 0.282 e. The summed E-state index contributed by atoms with van der Waals surface area (Å²) in [6, 6.07) is 3.31. The van der Waals surface area contributed by atoms with Crippen LogP contribution in [0, 0.1) is 5.82 Å². The molecular formula is C6H4ClFO3S. The lowest BCUT2D eigenvalue weighted by molar-refractivity contribution is 0.473. The predicted octanol–water partition coefficient (Wildman–Crippen LogP) is 1.73. The van der Waals surface area contributed by atoms with E-state index >= 15 is 0 Å². The highest BCUT2D eigenvalue weighted by atomic mass is 35.5. The second-order valence-corrected chi connectivity index (χ2v) is 3.79. The first kappa shape index (κ1) is 9.44. The summed E-state index contributed by atoms with van der Waals surface area (Å²) in [6.07, 6.45) is 0. The molecule has 0 fully saturated rings. The van der Waals surface area contributed by atoms with Crippen molar-refractivity contribution in [3.63, 3.8) is 0 Å². The molecule has 0 amide bonds. The van der Waals surface area contributed by atoms with Crippen LogP contribution < -0.4 is 0 Å². The van der Waals surface area contributed by atoms with Crippen LogP contribution in [0.15, 0.2) is 23.1 Å². The summed E-state index contributed by atoms with van der Waals surface area (Å²) in [5, 5.41) is -0.336. The second-order valence-electron chi connectivity index (χ2n) is 2.03. The SMILES string of the molecule is O=S(=O)(O)c1c(F)cccc1Cl. The second kappa shape index (κ2) is 3.01. The first-order chi connectivity index (χ1) is 5.43. The minimum absolute atomic E-state index is 0.336. The molecule has 1 aromatic rings. The molecule has 0 aliphatic heterocycles. The van der Waals surface area contributed by atoms with Gasteiger partial charge < -0.3 is 0 Å². The van der Waals surface area contributed by atoms with Gasteiger partial charge >= 0.3 is 0 Å². The molecule has 0 aliphatic rings.